The molecule has 1 aromatic rings. The van der Waals surface area contributed by atoms with Crippen molar-refractivity contribution in [3.05, 3.63) is 18.3 Å². The lowest BCUT2D eigenvalue weighted by Gasteiger charge is -2.19. The van der Waals surface area contributed by atoms with Crippen LogP contribution in [-0.4, -0.2) is 43.1 Å². The van der Waals surface area contributed by atoms with Crippen LogP contribution in [0.5, 0.6) is 0 Å². The number of rotatable bonds is 6. The van der Waals surface area contributed by atoms with E-state index in [4.69, 9.17) is 0 Å². The van der Waals surface area contributed by atoms with Crippen molar-refractivity contribution in [2.45, 2.75) is 19.9 Å². The van der Waals surface area contributed by atoms with Crippen molar-refractivity contribution in [3.8, 4) is 0 Å². The van der Waals surface area contributed by atoms with Gasteiger partial charge in [0.15, 0.2) is 0 Å². The lowest BCUT2D eigenvalue weighted by Crippen LogP contribution is -2.29. The second-order valence-electron chi connectivity index (χ2n) is 4.27. The Labute approximate surface area is 98.1 Å². The highest BCUT2D eigenvalue weighted by Crippen LogP contribution is 2.12. The smallest absolute Gasteiger partial charge is 0.127 e. The van der Waals surface area contributed by atoms with Crippen LogP contribution in [0.4, 0.5) is 11.5 Å². The van der Waals surface area contributed by atoms with Gasteiger partial charge in [-0.25, -0.2) is 4.98 Å². The first-order chi connectivity index (χ1) is 7.61. The molecule has 0 aliphatic rings. The largest absolute Gasteiger partial charge is 0.381 e. The molecule has 0 saturated carbocycles. The number of hydrogen-bond donors (Lipinski definition) is 2. The molecule has 1 aromatic heterocycles. The molecule has 0 saturated heterocycles. The number of likely N-dealkylation sites (N-methyl/N-ethyl adjacent to an activating group) is 1. The lowest BCUT2D eigenvalue weighted by molar-refractivity contribution is 0.392. The minimum absolute atomic E-state index is 0.423. The Morgan fingerprint density at radius 2 is 2.19 bits per heavy atom. The van der Waals surface area contributed by atoms with Crippen molar-refractivity contribution in [2.24, 2.45) is 0 Å². The summed E-state index contributed by atoms with van der Waals surface area (Å²) >= 11 is 0. The lowest BCUT2D eigenvalue weighted by atomic mass is 10.3. The van der Waals surface area contributed by atoms with E-state index in [0.29, 0.717) is 6.04 Å². The molecule has 4 nitrogen and oxygen atoms in total. The third-order valence-electron chi connectivity index (χ3n) is 2.17. The Balaban J connectivity index is 2.55. The van der Waals surface area contributed by atoms with Crippen LogP contribution in [0.15, 0.2) is 18.3 Å². The molecule has 1 atom stereocenters. The maximum atomic E-state index is 4.24. The highest BCUT2D eigenvalue weighted by Gasteiger charge is 2.03. The number of hydrogen-bond acceptors (Lipinski definition) is 4. The van der Waals surface area contributed by atoms with Gasteiger partial charge in [-0.2, -0.15) is 0 Å². The Kier molecular flexibility index (Phi) is 5.05. The molecular formula is C12H22N4. The number of anilines is 2. The standard InChI is InChI=1S/C12H22N4/c1-5-13-12-8-11(6-7-14-12)15-10(2)9-16(3)4/h6-8,10H,5,9H2,1-4H3,(H2,13,14,15). The summed E-state index contributed by atoms with van der Waals surface area (Å²) < 4.78 is 0. The fourth-order valence-electron chi connectivity index (χ4n) is 1.68. The molecular weight excluding hydrogens is 200 g/mol. The summed E-state index contributed by atoms with van der Waals surface area (Å²) in [5.74, 6) is 0.921. The second-order valence-corrected chi connectivity index (χ2v) is 4.27. The molecule has 0 aliphatic carbocycles. The molecule has 0 radical (unpaired) electrons. The van der Waals surface area contributed by atoms with Gasteiger partial charge in [-0.3, -0.25) is 0 Å². The zero-order chi connectivity index (χ0) is 12.0. The number of aromatic nitrogens is 1. The average Bonchev–Trinajstić information content (AvgIpc) is 2.17. The highest BCUT2D eigenvalue weighted by atomic mass is 15.1. The molecule has 1 heterocycles. The predicted octanol–water partition coefficient (Wildman–Crippen LogP) is 1.88. The minimum Gasteiger partial charge on any atom is -0.381 e. The number of pyridine rings is 1. The molecule has 4 heteroatoms. The van der Waals surface area contributed by atoms with Crippen LogP contribution in [0.3, 0.4) is 0 Å². The van der Waals surface area contributed by atoms with Gasteiger partial charge in [-0.15, -0.1) is 0 Å². The van der Waals surface area contributed by atoms with Gasteiger partial charge in [0.05, 0.1) is 0 Å². The van der Waals surface area contributed by atoms with E-state index in [1.54, 1.807) is 0 Å². The fraction of sp³-hybridized carbons (Fsp3) is 0.583. The van der Waals surface area contributed by atoms with E-state index in [-0.39, 0.29) is 0 Å². The zero-order valence-corrected chi connectivity index (χ0v) is 10.6. The Morgan fingerprint density at radius 3 is 2.81 bits per heavy atom. The summed E-state index contributed by atoms with van der Waals surface area (Å²) in [6.07, 6.45) is 1.82. The normalized spacial score (nSPS) is 12.6. The summed E-state index contributed by atoms with van der Waals surface area (Å²) in [4.78, 5) is 6.41. The van der Waals surface area contributed by atoms with Gasteiger partial charge in [0.25, 0.3) is 0 Å². The van der Waals surface area contributed by atoms with Crippen LogP contribution < -0.4 is 10.6 Å². The van der Waals surface area contributed by atoms with Crippen molar-refractivity contribution in [3.63, 3.8) is 0 Å². The van der Waals surface area contributed by atoms with Crippen LogP contribution in [0.25, 0.3) is 0 Å². The minimum atomic E-state index is 0.423. The van der Waals surface area contributed by atoms with E-state index in [9.17, 15) is 0 Å². The SMILES string of the molecule is CCNc1cc(NC(C)CN(C)C)ccn1. The van der Waals surface area contributed by atoms with Crippen LogP contribution in [0.1, 0.15) is 13.8 Å². The highest BCUT2D eigenvalue weighted by molar-refractivity contribution is 5.52. The first-order valence-electron chi connectivity index (χ1n) is 5.73. The maximum Gasteiger partial charge on any atom is 0.127 e. The Bertz CT molecular complexity index is 312. The molecule has 0 bridgehead atoms. The molecule has 0 amide bonds. The van der Waals surface area contributed by atoms with Crippen LogP contribution in [0, 0.1) is 0 Å². The molecule has 1 unspecified atom stereocenters. The third kappa shape index (κ3) is 4.49. The number of nitrogens with one attached hydrogen (secondary N) is 2. The maximum absolute atomic E-state index is 4.24. The summed E-state index contributed by atoms with van der Waals surface area (Å²) in [5, 5.41) is 6.65. The molecule has 2 N–H and O–H groups in total. The average molecular weight is 222 g/mol. The van der Waals surface area contributed by atoms with Gasteiger partial charge in [0, 0.05) is 37.1 Å². The summed E-state index contributed by atoms with van der Waals surface area (Å²) in [6.45, 7) is 6.15. The Morgan fingerprint density at radius 1 is 1.44 bits per heavy atom. The van der Waals surface area contributed by atoms with Gasteiger partial charge >= 0.3 is 0 Å². The van der Waals surface area contributed by atoms with Gasteiger partial charge in [0.1, 0.15) is 5.82 Å². The second kappa shape index (κ2) is 6.33. The van der Waals surface area contributed by atoms with Gasteiger partial charge in [-0.05, 0) is 34.0 Å². The van der Waals surface area contributed by atoms with Crippen molar-refractivity contribution in [1.82, 2.24) is 9.88 Å². The first kappa shape index (κ1) is 12.8. The molecule has 1 rings (SSSR count). The topological polar surface area (TPSA) is 40.2 Å². The van der Waals surface area contributed by atoms with Gasteiger partial charge in [-0.1, -0.05) is 0 Å². The molecule has 0 spiro atoms. The van der Waals surface area contributed by atoms with E-state index in [2.05, 4.69) is 48.5 Å². The van der Waals surface area contributed by atoms with Crippen LogP contribution in [0.2, 0.25) is 0 Å². The predicted molar refractivity (Wildman–Crippen MR) is 70.0 cm³/mol. The van der Waals surface area contributed by atoms with Crippen molar-refractivity contribution in [1.29, 1.82) is 0 Å². The fourth-order valence-corrected chi connectivity index (χ4v) is 1.68. The Hall–Kier alpha value is -1.29. The monoisotopic (exact) mass is 222 g/mol. The molecule has 0 fully saturated rings. The summed E-state index contributed by atoms with van der Waals surface area (Å²) in [7, 11) is 4.16. The van der Waals surface area contributed by atoms with Gasteiger partial charge in [0.2, 0.25) is 0 Å². The van der Waals surface area contributed by atoms with E-state index >= 15 is 0 Å². The molecule has 0 aromatic carbocycles. The van der Waals surface area contributed by atoms with Crippen molar-refractivity contribution >= 4 is 11.5 Å². The van der Waals surface area contributed by atoms with E-state index < -0.39 is 0 Å². The van der Waals surface area contributed by atoms with E-state index in [0.717, 1.165) is 24.6 Å². The van der Waals surface area contributed by atoms with E-state index in [1.807, 2.05) is 18.3 Å². The quantitative estimate of drug-likeness (QED) is 0.771. The first-order valence-corrected chi connectivity index (χ1v) is 5.73. The van der Waals surface area contributed by atoms with Crippen molar-refractivity contribution in [2.75, 3.05) is 37.8 Å². The third-order valence-corrected chi connectivity index (χ3v) is 2.17. The molecule has 90 valence electrons. The van der Waals surface area contributed by atoms with Gasteiger partial charge < -0.3 is 15.5 Å². The zero-order valence-electron chi connectivity index (χ0n) is 10.6. The number of nitrogens with zero attached hydrogens (tertiary/aromatic N) is 2. The molecule has 16 heavy (non-hydrogen) atoms. The van der Waals surface area contributed by atoms with Crippen LogP contribution >= 0.6 is 0 Å². The van der Waals surface area contributed by atoms with Crippen LogP contribution in [-0.2, 0) is 0 Å². The summed E-state index contributed by atoms with van der Waals surface area (Å²) in [5.41, 5.74) is 1.11. The molecule has 0 aliphatic heterocycles. The summed E-state index contributed by atoms with van der Waals surface area (Å²) in [6, 6.07) is 4.45. The van der Waals surface area contributed by atoms with Crippen molar-refractivity contribution < 1.29 is 0 Å². The van der Waals surface area contributed by atoms with E-state index in [1.165, 1.54) is 0 Å².